The topological polar surface area (TPSA) is 84.5 Å². The smallest absolute Gasteiger partial charge is 0.326 e. The van der Waals surface area contributed by atoms with Gasteiger partial charge in [-0.15, -0.1) is 0 Å². The molecule has 160 valence electrons. The molecule has 1 atom stereocenters. The first-order valence-corrected chi connectivity index (χ1v) is 10.5. The van der Waals surface area contributed by atoms with Gasteiger partial charge in [-0.05, 0) is 48.8 Å². The molecule has 0 aromatic heterocycles. The Morgan fingerprint density at radius 1 is 1.03 bits per heavy atom. The number of hydrogen-bond acceptors (Lipinski definition) is 4. The fourth-order valence-corrected chi connectivity index (χ4v) is 3.45. The van der Waals surface area contributed by atoms with Gasteiger partial charge in [-0.2, -0.15) is 0 Å². The molecule has 0 bridgehead atoms. The summed E-state index contributed by atoms with van der Waals surface area (Å²) in [4.78, 5) is 36.3. The highest BCUT2D eigenvalue weighted by molar-refractivity contribution is 5.96. The molecule has 1 fully saturated rings. The Labute approximate surface area is 173 Å². The number of rotatable bonds is 7. The minimum Gasteiger partial charge on any atom is -0.451 e. The lowest BCUT2D eigenvalue weighted by Crippen LogP contribution is -2.40. The van der Waals surface area contributed by atoms with E-state index in [1.165, 1.54) is 19.3 Å². The van der Waals surface area contributed by atoms with Crippen molar-refractivity contribution in [1.29, 1.82) is 0 Å². The average molecular weight is 403 g/mol. The monoisotopic (exact) mass is 402 g/mol. The zero-order valence-electron chi connectivity index (χ0n) is 18.0. The van der Waals surface area contributed by atoms with Gasteiger partial charge in [-0.1, -0.05) is 52.2 Å². The van der Waals surface area contributed by atoms with E-state index in [2.05, 4.69) is 31.4 Å². The Hall–Kier alpha value is -2.37. The predicted octanol–water partition coefficient (Wildman–Crippen LogP) is 3.34. The van der Waals surface area contributed by atoms with Crippen molar-refractivity contribution in [2.45, 2.75) is 71.3 Å². The van der Waals surface area contributed by atoms with Crippen LogP contribution in [0.25, 0.3) is 0 Å². The van der Waals surface area contributed by atoms with E-state index in [0.717, 1.165) is 18.4 Å². The SMILES string of the molecule is C[C@@H](OC(=O)CNC(=O)c1ccc(C(C)(C)C)cc1)C(=O)NCC1CCCCC1. The van der Waals surface area contributed by atoms with E-state index in [1.54, 1.807) is 19.1 Å². The number of benzene rings is 1. The quantitative estimate of drug-likeness (QED) is 0.685. The summed E-state index contributed by atoms with van der Waals surface area (Å²) in [5.74, 6) is -0.769. The third-order valence-corrected chi connectivity index (χ3v) is 5.37. The highest BCUT2D eigenvalue weighted by Gasteiger charge is 2.21. The van der Waals surface area contributed by atoms with Crippen LogP contribution in [-0.4, -0.2) is 37.0 Å². The van der Waals surface area contributed by atoms with E-state index in [0.29, 0.717) is 18.0 Å². The van der Waals surface area contributed by atoms with Gasteiger partial charge in [0.15, 0.2) is 6.10 Å². The maximum atomic E-state index is 12.2. The zero-order chi connectivity index (χ0) is 21.4. The van der Waals surface area contributed by atoms with Crippen LogP contribution in [0.2, 0.25) is 0 Å². The Bertz CT molecular complexity index is 701. The Morgan fingerprint density at radius 3 is 2.24 bits per heavy atom. The van der Waals surface area contributed by atoms with Crippen LogP contribution in [0.1, 0.15) is 75.7 Å². The number of nitrogens with one attached hydrogen (secondary N) is 2. The molecule has 1 saturated carbocycles. The lowest BCUT2D eigenvalue weighted by Gasteiger charge is -2.22. The first-order valence-electron chi connectivity index (χ1n) is 10.5. The molecule has 0 aliphatic heterocycles. The first kappa shape index (κ1) is 22.9. The van der Waals surface area contributed by atoms with E-state index >= 15 is 0 Å². The number of esters is 1. The molecule has 0 radical (unpaired) electrons. The highest BCUT2D eigenvalue weighted by Crippen LogP contribution is 2.23. The molecule has 2 amide bonds. The minimum atomic E-state index is -0.880. The number of ether oxygens (including phenoxy) is 1. The summed E-state index contributed by atoms with van der Waals surface area (Å²) in [6.45, 7) is 8.20. The van der Waals surface area contributed by atoms with Gasteiger partial charge in [-0.25, -0.2) is 0 Å². The summed E-state index contributed by atoms with van der Waals surface area (Å²) in [7, 11) is 0. The van der Waals surface area contributed by atoms with Crippen molar-refractivity contribution in [2.75, 3.05) is 13.1 Å². The molecule has 0 spiro atoms. The van der Waals surface area contributed by atoms with E-state index in [4.69, 9.17) is 4.74 Å². The largest absolute Gasteiger partial charge is 0.451 e. The molecule has 1 aromatic carbocycles. The maximum absolute atomic E-state index is 12.2. The van der Waals surface area contributed by atoms with E-state index < -0.39 is 12.1 Å². The second-order valence-electron chi connectivity index (χ2n) is 8.89. The van der Waals surface area contributed by atoms with Crippen molar-refractivity contribution in [2.24, 2.45) is 5.92 Å². The Kier molecular flexibility index (Phi) is 8.23. The number of hydrogen-bond donors (Lipinski definition) is 2. The summed E-state index contributed by atoms with van der Waals surface area (Å²) in [5, 5.41) is 5.40. The number of carbonyl (C=O) groups excluding carboxylic acids is 3. The van der Waals surface area contributed by atoms with Gasteiger partial charge >= 0.3 is 5.97 Å². The molecule has 6 nitrogen and oxygen atoms in total. The lowest BCUT2D eigenvalue weighted by molar-refractivity contribution is -0.153. The van der Waals surface area contributed by atoms with Crippen LogP contribution in [0.4, 0.5) is 0 Å². The maximum Gasteiger partial charge on any atom is 0.326 e. The molecule has 0 saturated heterocycles. The van der Waals surface area contributed by atoms with Gasteiger partial charge < -0.3 is 15.4 Å². The van der Waals surface area contributed by atoms with Gasteiger partial charge in [0.25, 0.3) is 11.8 Å². The molecular formula is C23H34N2O4. The van der Waals surface area contributed by atoms with Crippen LogP contribution >= 0.6 is 0 Å². The summed E-state index contributed by atoms with van der Waals surface area (Å²) in [6, 6.07) is 7.29. The molecule has 6 heteroatoms. The molecule has 1 aliphatic rings. The molecule has 2 rings (SSSR count). The summed E-state index contributed by atoms with van der Waals surface area (Å²) < 4.78 is 5.14. The van der Waals surface area contributed by atoms with E-state index in [9.17, 15) is 14.4 Å². The van der Waals surface area contributed by atoms with Gasteiger partial charge in [0.05, 0.1) is 0 Å². The number of carbonyl (C=O) groups is 3. The Morgan fingerprint density at radius 2 is 1.66 bits per heavy atom. The van der Waals surface area contributed by atoms with E-state index in [-0.39, 0.29) is 23.8 Å². The van der Waals surface area contributed by atoms with Crippen molar-refractivity contribution in [3.8, 4) is 0 Å². The van der Waals surface area contributed by atoms with Crippen LogP contribution in [0, 0.1) is 5.92 Å². The molecule has 1 aliphatic carbocycles. The number of amides is 2. The summed E-state index contributed by atoms with van der Waals surface area (Å²) in [6.07, 6.45) is 5.08. The van der Waals surface area contributed by atoms with Gasteiger partial charge in [-0.3, -0.25) is 14.4 Å². The summed E-state index contributed by atoms with van der Waals surface area (Å²) in [5.41, 5.74) is 1.61. The molecule has 0 unspecified atom stereocenters. The van der Waals surface area contributed by atoms with E-state index in [1.807, 2.05) is 12.1 Å². The normalized spacial score (nSPS) is 16.0. The molecule has 1 aromatic rings. The lowest BCUT2D eigenvalue weighted by atomic mass is 9.87. The second-order valence-corrected chi connectivity index (χ2v) is 8.89. The second kappa shape index (κ2) is 10.4. The van der Waals surface area contributed by atoms with Crippen LogP contribution in [-0.2, 0) is 19.7 Å². The highest BCUT2D eigenvalue weighted by atomic mass is 16.5. The minimum absolute atomic E-state index is 0.00646. The summed E-state index contributed by atoms with van der Waals surface area (Å²) >= 11 is 0. The average Bonchev–Trinajstić information content (AvgIpc) is 2.70. The zero-order valence-corrected chi connectivity index (χ0v) is 18.0. The van der Waals surface area contributed by atoms with Crippen molar-refractivity contribution < 1.29 is 19.1 Å². The van der Waals surface area contributed by atoms with Gasteiger partial charge in [0.1, 0.15) is 6.54 Å². The predicted molar refractivity (Wildman–Crippen MR) is 113 cm³/mol. The van der Waals surface area contributed by atoms with Crippen LogP contribution in [0.15, 0.2) is 24.3 Å². The fraction of sp³-hybridized carbons (Fsp3) is 0.609. The molecule has 2 N–H and O–H groups in total. The van der Waals surface area contributed by atoms with Crippen LogP contribution < -0.4 is 10.6 Å². The third-order valence-electron chi connectivity index (χ3n) is 5.37. The third kappa shape index (κ3) is 7.52. The first-order chi connectivity index (χ1) is 13.7. The van der Waals surface area contributed by atoms with Crippen molar-refractivity contribution in [3.05, 3.63) is 35.4 Å². The standard InChI is InChI=1S/C23H34N2O4/c1-16(21(27)24-14-17-8-6-5-7-9-17)29-20(26)15-25-22(28)18-10-12-19(13-11-18)23(2,3)4/h10-13,16-17H,5-9,14-15H2,1-4H3,(H,24,27)(H,25,28)/t16-/m1/s1. The van der Waals surface area contributed by atoms with Gasteiger partial charge in [0.2, 0.25) is 0 Å². The van der Waals surface area contributed by atoms with Crippen LogP contribution in [0.3, 0.4) is 0 Å². The van der Waals surface area contributed by atoms with Crippen molar-refractivity contribution in [1.82, 2.24) is 10.6 Å². The fourth-order valence-electron chi connectivity index (χ4n) is 3.45. The molecular weight excluding hydrogens is 368 g/mol. The van der Waals surface area contributed by atoms with Gasteiger partial charge in [0, 0.05) is 12.1 Å². The molecule has 29 heavy (non-hydrogen) atoms. The van der Waals surface area contributed by atoms with Crippen molar-refractivity contribution >= 4 is 17.8 Å². The Balaban J connectivity index is 1.72. The van der Waals surface area contributed by atoms with Crippen LogP contribution in [0.5, 0.6) is 0 Å². The van der Waals surface area contributed by atoms with Crippen molar-refractivity contribution in [3.63, 3.8) is 0 Å². The molecule has 0 heterocycles.